The highest BCUT2D eigenvalue weighted by atomic mass is 32.2. The Labute approximate surface area is 168 Å². The second-order valence-corrected chi connectivity index (χ2v) is 8.09. The second-order valence-electron chi connectivity index (χ2n) is 6.07. The summed E-state index contributed by atoms with van der Waals surface area (Å²) < 4.78 is 28.1. The van der Waals surface area contributed by atoms with E-state index in [9.17, 15) is 22.8 Å². The molecule has 0 aromatic heterocycles. The number of amides is 2. The van der Waals surface area contributed by atoms with Crippen molar-refractivity contribution >= 4 is 39.4 Å². The van der Waals surface area contributed by atoms with Gasteiger partial charge >= 0.3 is 5.97 Å². The van der Waals surface area contributed by atoms with E-state index in [0.717, 1.165) is 6.26 Å². The molecule has 9 heteroatoms. The van der Waals surface area contributed by atoms with Gasteiger partial charge in [-0.3, -0.25) is 9.59 Å². The molecule has 152 valence electrons. The minimum Gasteiger partial charge on any atom is -0.451 e. The number of esters is 1. The lowest BCUT2D eigenvalue weighted by atomic mass is 10.2. The summed E-state index contributed by atoms with van der Waals surface area (Å²) in [6.45, 7) is 0.626. The fourth-order valence-electron chi connectivity index (χ4n) is 2.26. The third kappa shape index (κ3) is 7.23. The minimum atomic E-state index is -3.42. The zero-order valence-electron chi connectivity index (χ0n) is 15.8. The van der Waals surface area contributed by atoms with Crippen LogP contribution in [0.15, 0.2) is 65.2 Å². The van der Waals surface area contributed by atoms with Gasteiger partial charge in [-0.25, -0.2) is 13.2 Å². The Hall–Kier alpha value is -3.46. The molecule has 2 amide bonds. The lowest BCUT2D eigenvalue weighted by Gasteiger charge is -2.10. The van der Waals surface area contributed by atoms with Crippen molar-refractivity contribution in [2.45, 2.75) is 11.8 Å². The first-order valence-electron chi connectivity index (χ1n) is 8.46. The van der Waals surface area contributed by atoms with E-state index in [1.807, 2.05) is 0 Å². The van der Waals surface area contributed by atoms with Gasteiger partial charge in [0.05, 0.1) is 4.90 Å². The Morgan fingerprint density at radius 1 is 1.03 bits per heavy atom. The molecule has 0 heterocycles. The number of nitrogens with one attached hydrogen (secondary N) is 2. The number of hydrogen-bond donors (Lipinski definition) is 2. The number of anilines is 1. The van der Waals surface area contributed by atoms with Gasteiger partial charge in [0.1, 0.15) is 5.70 Å². The van der Waals surface area contributed by atoms with E-state index >= 15 is 0 Å². The van der Waals surface area contributed by atoms with Crippen molar-refractivity contribution in [1.82, 2.24) is 5.32 Å². The van der Waals surface area contributed by atoms with Gasteiger partial charge in [-0.05, 0) is 29.8 Å². The molecule has 0 aliphatic carbocycles. The predicted molar refractivity (Wildman–Crippen MR) is 107 cm³/mol. The maximum absolute atomic E-state index is 12.3. The van der Waals surface area contributed by atoms with E-state index in [0.29, 0.717) is 5.56 Å². The van der Waals surface area contributed by atoms with Crippen molar-refractivity contribution < 1.29 is 27.5 Å². The van der Waals surface area contributed by atoms with Gasteiger partial charge in [0.25, 0.3) is 5.91 Å². The quantitative estimate of drug-likeness (QED) is 0.524. The highest BCUT2D eigenvalue weighted by molar-refractivity contribution is 7.90. The normalized spacial score (nSPS) is 11.4. The van der Waals surface area contributed by atoms with Crippen LogP contribution in [-0.4, -0.2) is 39.1 Å². The van der Waals surface area contributed by atoms with Gasteiger partial charge in [-0.15, -0.1) is 0 Å². The molecule has 8 nitrogen and oxygen atoms in total. The van der Waals surface area contributed by atoms with Gasteiger partial charge < -0.3 is 15.4 Å². The van der Waals surface area contributed by atoms with Crippen LogP contribution in [0.4, 0.5) is 5.69 Å². The lowest BCUT2D eigenvalue weighted by molar-refractivity contribution is -0.144. The van der Waals surface area contributed by atoms with Crippen molar-refractivity contribution in [3.05, 3.63) is 65.9 Å². The Bertz CT molecular complexity index is 1050. The maximum atomic E-state index is 12.3. The maximum Gasteiger partial charge on any atom is 0.355 e. The van der Waals surface area contributed by atoms with Crippen LogP contribution in [0.1, 0.15) is 12.5 Å². The van der Waals surface area contributed by atoms with E-state index in [1.54, 1.807) is 30.3 Å². The average molecular weight is 416 g/mol. The summed E-state index contributed by atoms with van der Waals surface area (Å²) in [7, 11) is -3.42. The van der Waals surface area contributed by atoms with Crippen molar-refractivity contribution in [1.29, 1.82) is 0 Å². The van der Waals surface area contributed by atoms with Crippen LogP contribution < -0.4 is 10.6 Å². The minimum absolute atomic E-state index is 0.0473. The van der Waals surface area contributed by atoms with E-state index in [4.69, 9.17) is 4.74 Å². The van der Waals surface area contributed by atoms with Gasteiger partial charge in [-0.1, -0.05) is 36.4 Å². The number of sulfone groups is 1. The van der Waals surface area contributed by atoms with Gasteiger partial charge in [0.2, 0.25) is 5.91 Å². The van der Waals surface area contributed by atoms with Gasteiger partial charge in [0, 0.05) is 18.9 Å². The van der Waals surface area contributed by atoms with Crippen molar-refractivity contribution in [2.75, 3.05) is 18.2 Å². The molecule has 0 atom stereocenters. The third-order valence-electron chi connectivity index (χ3n) is 3.52. The summed E-state index contributed by atoms with van der Waals surface area (Å²) >= 11 is 0. The van der Waals surface area contributed by atoms with Gasteiger partial charge in [-0.2, -0.15) is 0 Å². The fourth-order valence-corrected chi connectivity index (χ4v) is 2.93. The molecule has 0 saturated heterocycles. The molecule has 2 aromatic rings. The first-order valence-corrected chi connectivity index (χ1v) is 10.4. The largest absolute Gasteiger partial charge is 0.451 e. The van der Waals surface area contributed by atoms with E-state index < -0.39 is 34.2 Å². The number of carbonyl (C=O) groups excluding carboxylic acids is 3. The summed E-state index contributed by atoms with van der Waals surface area (Å²) in [6.07, 6.45) is 2.48. The number of rotatable bonds is 7. The SMILES string of the molecule is CC(=O)N/C(=C\c1ccccc1)C(=O)OCC(=O)Nc1cccc(S(C)(=O)=O)c1. The molecule has 0 spiro atoms. The fraction of sp³-hybridized carbons (Fsp3) is 0.150. The summed E-state index contributed by atoms with van der Waals surface area (Å²) in [5, 5.41) is 4.83. The summed E-state index contributed by atoms with van der Waals surface area (Å²) in [6, 6.07) is 14.5. The molecule has 0 radical (unpaired) electrons. The number of carbonyl (C=O) groups is 3. The van der Waals surface area contributed by atoms with Crippen molar-refractivity contribution in [3.8, 4) is 0 Å². The smallest absolute Gasteiger partial charge is 0.355 e. The average Bonchev–Trinajstić information content (AvgIpc) is 2.65. The summed E-state index contributed by atoms with van der Waals surface area (Å²) in [4.78, 5) is 35.7. The number of benzene rings is 2. The van der Waals surface area contributed by atoms with Crippen LogP contribution >= 0.6 is 0 Å². The first-order chi connectivity index (χ1) is 13.6. The lowest BCUT2D eigenvalue weighted by Crippen LogP contribution is -2.28. The molecule has 0 bridgehead atoms. The number of ether oxygens (including phenoxy) is 1. The van der Waals surface area contributed by atoms with Crippen LogP contribution in [0.2, 0.25) is 0 Å². The molecule has 0 saturated carbocycles. The predicted octanol–water partition coefficient (Wildman–Crippen LogP) is 1.75. The van der Waals surface area contributed by atoms with E-state index in [2.05, 4.69) is 10.6 Å². The zero-order chi connectivity index (χ0) is 21.4. The van der Waals surface area contributed by atoms with Crippen molar-refractivity contribution in [2.24, 2.45) is 0 Å². The standard InChI is InChI=1S/C20H20N2O6S/c1-14(23)21-18(11-15-7-4-3-5-8-15)20(25)28-13-19(24)22-16-9-6-10-17(12-16)29(2,26)27/h3-12H,13H2,1-2H3,(H,21,23)(H,22,24)/b18-11-. The zero-order valence-corrected chi connectivity index (χ0v) is 16.7. The van der Waals surface area contributed by atoms with Crippen LogP contribution in [0, 0.1) is 0 Å². The third-order valence-corrected chi connectivity index (χ3v) is 4.63. The van der Waals surface area contributed by atoms with Crippen LogP contribution in [0.25, 0.3) is 6.08 Å². The highest BCUT2D eigenvalue weighted by Crippen LogP contribution is 2.15. The molecule has 0 aliphatic heterocycles. The number of hydrogen-bond acceptors (Lipinski definition) is 6. The molecule has 0 aliphatic rings. The Morgan fingerprint density at radius 2 is 1.72 bits per heavy atom. The summed E-state index contributed by atoms with van der Waals surface area (Å²) in [5.74, 6) is -2.01. The van der Waals surface area contributed by atoms with E-state index in [-0.39, 0.29) is 16.3 Å². The van der Waals surface area contributed by atoms with Crippen molar-refractivity contribution in [3.63, 3.8) is 0 Å². The molecule has 0 fully saturated rings. The molecular weight excluding hydrogens is 396 g/mol. The molecule has 2 rings (SSSR count). The van der Waals surface area contributed by atoms with Crippen LogP contribution in [0.3, 0.4) is 0 Å². The van der Waals surface area contributed by atoms with Crippen LogP contribution in [-0.2, 0) is 29.0 Å². The molecule has 0 unspecified atom stereocenters. The molecular formula is C20H20N2O6S. The second kappa shape index (κ2) is 9.65. The Morgan fingerprint density at radius 3 is 2.34 bits per heavy atom. The van der Waals surface area contributed by atoms with E-state index in [1.165, 1.54) is 37.3 Å². The Kier molecular flexibility index (Phi) is 7.27. The molecule has 2 aromatic carbocycles. The molecule has 29 heavy (non-hydrogen) atoms. The Balaban J connectivity index is 2.03. The highest BCUT2D eigenvalue weighted by Gasteiger charge is 2.15. The summed E-state index contributed by atoms with van der Waals surface area (Å²) in [5.41, 5.74) is 0.793. The topological polar surface area (TPSA) is 119 Å². The molecule has 2 N–H and O–H groups in total. The first kappa shape index (κ1) is 21.8. The van der Waals surface area contributed by atoms with Crippen LogP contribution in [0.5, 0.6) is 0 Å². The monoisotopic (exact) mass is 416 g/mol. The van der Waals surface area contributed by atoms with Gasteiger partial charge in [0.15, 0.2) is 16.4 Å².